The zero-order valence-electron chi connectivity index (χ0n) is 19.0. The average Bonchev–Trinajstić information content (AvgIpc) is 3.41. The van der Waals surface area contributed by atoms with E-state index in [2.05, 4.69) is 28.1 Å². The van der Waals surface area contributed by atoms with Gasteiger partial charge in [-0.2, -0.15) is 5.10 Å². The number of aryl methyl sites for hydroxylation is 2. The number of nitrogens with zero attached hydrogens (tertiary/aromatic N) is 5. The highest BCUT2D eigenvalue weighted by molar-refractivity contribution is 7.90. The van der Waals surface area contributed by atoms with Gasteiger partial charge in [0.1, 0.15) is 5.69 Å². The standard InChI is InChI=1S/C23H26N6O3S/c1-14-11-17(33(4,30)31)5-6-18(14)19-12-21(28-9-10-32-13-15(28)2)27-29-22(19)16(3)25-23(29)20-7-8-24-26-20/h5-8,11-12,15H,9-10,13H2,1-4H3,(H,24,26)/t15-/m1/s1. The lowest BCUT2D eigenvalue weighted by molar-refractivity contribution is 0.0984. The van der Waals surface area contributed by atoms with Crippen LogP contribution in [0.15, 0.2) is 41.4 Å². The monoisotopic (exact) mass is 466 g/mol. The molecular weight excluding hydrogens is 440 g/mol. The van der Waals surface area contributed by atoms with Gasteiger partial charge in [0.15, 0.2) is 21.5 Å². The Labute approximate surface area is 192 Å². The normalized spacial score (nSPS) is 17.1. The quantitative estimate of drug-likeness (QED) is 0.493. The van der Waals surface area contributed by atoms with Gasteiger partial charge in [-0.15, -0.1) is 5.10 Å². The Hall–Kier alpha value is -3.24. The van der Waals surface area contributed by atoms with Gasteiger partial charge in [0.2, 0.25) is 0 Å². The number of nitrogens with one attached hydrogen (secondary N) is 1. The number of rotatable bonds is 4. The second kappa shape index (κ2) is 7.96. The van der Waals surface area contributed by atoms with Crippen molar-refractivity contribution in [1.29, 1.82) is 0 Å². The Morgan fingerprint density at radius 3 is 2.64 bits per heavy atom. The Kier molecular flexibility index (Phi) is 5.21. The SMILES string of the molecule is Cc1cc(S(C)(=O)=O)ccc1-c1cc(N2CCOC[C@H]2C)nn2c(-c3ccn[nH]3)nc(C)c12. The smallest absolute Gasteiger partial charge is 0.179 e. The van der Waals surface area contributed by atoms with Crippen LogP contribution in [0.5, 0.6) is 0 Å². The molecule has 1 aliphatic rings. The van der Waals surface area contributed by atoms with Crippen molar-refractivity contribution in [3.8, 4) is 22.6 Å². The van der Waals surface area contributed by atoms with E-state index in [1.807, 2.05) is 30.5 Å². The van der Waals surface area contributed by atoms with Gasteiger partial charge < -0.3 is 9.64 Å². The molecule has 0 aliphatic carbocycles. The summed E-state index contributed by atoms with van der Waals surface area (Å²) in [6.07, 6.45) is 2.91. The molecule has 1 fully saturated rings. The Morgan fingerprint density at radius 1 is 1.15 bits per heavy atom. The number of fused-ring (bicyclic) bond motifs is 1. The van der Waals surface area contributed by atoms with Crippen LogP contribution < -0.4 is 4.90 Å². The minimum Gasteiger partial charge on any atom is -0.377 e. The third kappa shape index (κ3) is 3.79. The summed E-state index contributed by atoms with van der Waals surface area (Å²) in [4.78, 5) is 7.34. The van der Waals surface area contributed by atoms with E-state index in [1.165, 1.54) is 6.26 Å². The summed E-state index contributed by atoms with van der Waals surface area (Å²) >= 11 is 0. The third-order valence-electron chi connectivity index (χ3n) is 6.08. The van der Waals surface area contributed by atoms with Crippen LogP contribution in [-0.4, -0.2) is 65.3 Å². The molecule has 1 saturated heterocycles. The van der Waals surface area contributed by atoms with Crippen LogP contribution in [0.4, 0.5) is 5.82 Å². The molecule has 1 aromatic carbocycles. The van der Waals surface area contributed by atoms with Crippen molar-refractivity contribution in [2.75, 3.05) is 30.9 Å². The van der Waals surface area contributed by atoms with Gasteiger partial charge in [-0.1, -0.05) is 6.07 Å². The predicted molar refractivity (Wildman–Crippen MR) is 126 cm³/mol. The number of benzene rings is 1. The molecule has 0 spiro atoms. The summed E-state index contributed by atoms with van der Waals surface area (Å²) in [5.74, 6) is 1.49. The van der Waals surface area contributed by atoms with Crippen LogP contribution in [0.25, 0.3) is 28.2 Å². The fourth-order valence-electron chi connectivity index (χ4n) is 4.39. The summed E-state index contributed by atoms with van der Waals surface area (Å²) < 4.78 is 31.6. The molecule has 0 saturated carbocycles. The Morgan fingerprint density at radius 2 is 1.97 bits per heavy atom. The number of morpholine rings is 1. The van der Waals surface area contributed by atoms with Gasteiger partial charge in [-0.25, -0.2) is 17.9 Å². The van der Waals surface area contributed by atoms with E-state index in [0.717, 1.165) is 46.0 Å². The van der Waals surface area contributed by atoms with Crippen molar-refractivity contribution in [3.63, 3.8) is 0 Å². The summed E-state index contributed by atoms with van der Waals surface area (Å²) in [6, 6.07) is 9.37. The van der Waals surface area contributed by atoms with Gasteiger partial charge in [-0.3, -0.25) is 5.10 Å². The van der Waals surface area contributed by atoms with Crippen molar-refractivity contribution < 1.29 is 13.2 Å². The molecule has 0 amide bonds. The zero-order chi connectivity index (χ0) is 23.3. The summed E-state index contributed by atoms with van der Waals surface area (Å²) in [5.41, 5.74) is 5.24. The van der Waals surface area contributed by atoms with Crippen molar-refractivity contribution in [2.45, 2.75) is 31.7 Å². The number of hydrogen-bond donors (Lipinski definition) is 1. The fraction of sp³-hybridized carbons (Fsp3) is 0.348. The maximum absolute atomic E-state index is 12.1. The van der Waals surface area contributed by atoms with Crippen LogP contribution in [0.3, 0.4) is 0 Å². The highest BCUT2D eigenvalue weighted by atomic mass is 32.2. The maximum Gasteiger partial charge on any atom is 0.179 e. The molecule has 10 heteroatoms. The van der Waals surface area contributed by atoms with Gasteiger partial charge in [-0.05, 0) is 56.2 Å². The van der Waals surface area contributed by atoms with Crippen molar-refractivity contribution in [2.24, 2.45) is 0 Å². The lowest BCUT2D eigenvalue weighted by Crippen LogP contribution is -2.44. The number of ether oxygens (including phenoxy) is 1. The number of hydrogen-bond acceptors (Lipinski definition) is 7. The van der Waals surface area contributed by atoms with E-state index >= 15 is 0 Å². The summed E-state index contributed by atoms with van der Waals surface area (Å²) in [7, 11) is -3.30. The van der Waals surface area contributed by atoms with E-state index in [4.69, 9.17) is 14.8 Å². The zero-order valence-corrected chi connectivity index (χ0v) is 19.8. The maximum atomic E-state index is 12.1. The fourth-order valence-corrected chi connectivity index (χ4v) is 5.10. The second-order valence-electron chi connectivity index (χ2n) is 8.53. The molecule has 0 radical (unpaired) electrons. The van der Waals surface area contributed by atoms with Crippen molar-refractivity contribution in [3.05, 3.63) is 47.8 Å². The average molecular weight is 467 g/mol. The first-order valence-electron chi connectivity index (χ1n) is 10.8. The molecule has 3 aromatic heterocycles. The predicted octanol–water partition coefficient (Wildman–Crippen LogP) is 3.03. The summed E-state index contributed by atoms with van der Waals surface area (Å²) in [6.45, 7) is 8.01. The number of sulfone groups is 1. The highest BCUT2D eigenvalue weighted by Gasteiger charge is 2.25. The molecule has 33 heavy (non-hydrogen) atoms. The van der Waals surface area contributed by atoms with E-state index in [-0.39, 0.29) is 6.04 Å². The van der Waals surface area contributed by atoms with E-state index in [0.29, 0.717) is 23.9 Å². The number of anilines is 1. The van der Waals surface area contributed by atoms with Crippen LogP contribution in [0.2, 0.25) is 0 Å². The van der Waals surface area contributed by atoms with Gasteiger partial charge in [0.25, 0.3) is 0 Å². The van der Waals surface area contributed by atoms with Gasteiger partial charge >= 0.3 is 0 Å². The van der Waals surface area contributed by atoms with E-state index < -0.39 is 9.84 Å². The van der Waals surface area contributed by atoms with E-state index in [9.17, 15) is 8.42 Å². The van der Waals surface area contributed by atoms with Gasteiger partial charge in [0.05, 0.1) is 35.4 Å². The molecule has 4 heterocycles. The first-order valence-corrected chi connectivity index (χ1v) is 12.7. The lowest BCUT2D eigenvalue weighted by atomic mass is 10.00. The van der Waals surface area contributed by atoms with E-state index in [1.54, 1.807) is 18.3 Å². The Bertz CT molecular complexity index is 1440. The third-order valence-corrected chi connectivity index (χ3v) is 7.19. The molecule has 1 aliphatic heterocycles. The highest BCUT2D eigenvalue weighted by Crippen LogP contribution is 2.35. The van der Waals surface area contributed by atoms with Gasteiger partial charge in [0, 0.05) is 24.6 Å². The van der Waals surface area contributed by atoms with Crippen LogP contribution >= 0.6 is 0 Å². The molecule has 1 N–H and O–H groups in total. The summed E-state index contributed by atoms with van der Waals surface area (Å²) in [5, 5.41) is 12.0. The second-order valence-corrected chi connectivity index (χ2v) is 10.5. The van der Waals surface area contributed by atoms with Crippen molar-refractivity contribution >= 4 is 21.2 Å². The Balaban J connectivity index is 1.79. The van der Waals surface area contributed by atoms with Crippen LogP contribution in [0, 0.1) is 13.8 Å². The van der Waals surface area contributed by atoms with Crippen LogP contribution in [0.1, 0.15) is 18.2 Å². The molecule has 1 atom stereocenters. The molecule has 4 aromatic rings. The molecular formula is C23H26N6O3S. The number of imidazole rings is 1. The van der Waals surface area contributed by atoms with Crippen molar-refractivity contribution in [1.82, 2.24) is 24.8 Å². The van der Waals surface area contributed by atoms with Crippen LogP contribution in [-0.2, 0) is 14.6 Å². The minimum absolute atomic E-state index is 0.172. The first kappa shape index (κ1) is 21.6. The first-order chi connectivity index (χ1) is 15.7. The minimum atomic E-state index is -3.30. The largest absolute Gasteiger partial charge is 0.377 e. The molecule has 9 nitrogen and oxygen atoms in total. The molecule has 5 rings (SSSR count). The molecule has 0 bridgehead atoms. The number of H-pyrrole nitrogens is 1. The lowest BCUT2D eigenvalue weighted by Gasteiger charge is -2.34. The topological polar surface area (TPSA) is 105 Å². The molecule has 172 valence electrons. The molecule has 0 unspecified atom stereocenters. The number of aromatic amines is 1. The number of aromatic nitrogens is 5.